The average Bonchev–Trinajstić information content (AvgIpc) is 2.11. The third-order valence-electron chi connectivity index (χ3n) is 1.64. The van der Waals surface area contributed by atoms with Crippen molar-refractivity contribution >= 4 is 17.7 Å². The lowest BCUT2D eigenvalue weighted by atomic mass is 10.1. The molecule has 0 unspecified atom stereocenters. The van der Waals surface area contributed by atoms with Crippen molar-refractivity contribution in [3.05, 3.63) is 0 Å². The summed E-state index contributed by atoms with van der Waals surface area (Å²) in [4.78, 5) is 13.3. The third kappa shape index (κ3) is 3.38. The van der Waals surface area contributed by atoms with Gasteiger partial charge in [-0.05, 0) is 18.2 Å². The van der Waals surface area contributed by atoms with Crippen LogP contribution < -0.4 is 10.2 Å². The predicted octanol–water partition coefficient (Wildman–Crippen LogP) is 0.00540. The van der Waals surface area contributed by atoms with Gasteiger partial charge in [-0.3, -0.25) is 4.79 Å². The number of likely N-dealkylation sites (N-methyl/N-ethyl adjacent to an activating group) is 1. The Morgan fingerprint density at radius 3 is 2.58 bits per heavy atom. The van der Waals surface area contributed by atoms with Crippen LogP contribution in [-0.4, -0.2) is 30.2 Å². The maximum atomic E-state index is 10.9. The van der Waals surface area contributed by atoms with Crippen LogP contribution in [0.2, 0.25) is 0 Å². The minimum Gasteiger partial charge on any atom is -0.382 e. The maximum Gasteiger partial charge on any atom is 0.250 e. The largest absolute Gasteiger partial charge is 0.382 e. The summed E-state index contributed by atoms with van der Waals surface area (Å²) in [6.07, 6.45) is 0.448. The van der Waals surface area contributed by atoms with Crippen LogP contribution >= 0.6 is 11.8 Å². The van der Waals surface area contributed by atoms with Crippen molar-refractivity contribution < 1.29 is 9.90 Å². The average molecular weight is 195 g/mol. The van der Waals surface area contributed by atoms with Crippen molar-refractivity contribution in [2.45, 2.75) is 31.9 Å². The minimum atomic E-state index is -1.08. The van der Waals surface area contributed by atoms with E-state index in [1.807, 2.05) is 6.92 Å². The molecule has 0 aliphatic carbocycles. The fraction of sp³-hybridized carbons (Fsp3) is 0.857. The topological polar surface area (TPSA) is 61.4 Å². The van der Waals surface area contributed by atoms with Crippen LogP contribution in [0.4, 0.5) is 0 Å². The highest BCUT2D eigenvalue weighted by molar-refractivity contribution is 6.13. The first kappa shape index (κ1) is 11.7. The van der Waals surface area contributed by atoms with Crippen molar-refractivity contribution in [3.8, 4) is 0 Å². The number of carbonyl (C=O) groups is 1. The summed E-state index contributed by atoms with van der Waals surface area (Å²) < 4.78 is 0. The number of aliphatic hydroxyl groups is 1. The first-order valence-electron chi connectivity index (χ1n) is 3.93. The van der Waals surface area contributed by atoms with E-state index in [1.54, 1.807) is 0 Å². The van der Waals surface area contributed by atoms with Gasteiger partial charge in [-0.25, -0.2) is 4.84 Å². The molecule has 0 fully saturated rings. The van der Waals surface area contributed by atoms with Crippen LogP contribution in [0.25, 0.3) is 0 Å². The van der Waals surface area contributed by atoms with Crippen LogP contribution in [0.15, 0.2) is 0 Å². The van der Waals surface area contributed by atoms with E-state index in [0.717, 1.165) is 6.42 Å². The molecule has 0 rings (SSSR count). The monoisotopic (exact) mass is 194 g/mol. The van der Waals surface area contributed by atoms with Gasteiger partial charge in [-0.1, -0.05) is 13.3 Å². The lowest BCUT2D eigenvalue weighted by Crippen LogP contribution is -2.45. The molecule has 12 heavy (non-hydrogen) atoms. The molecular formula is C7H15ClN2O2. The summed E-state index contributed by atoms with van der Waals surface area (Å²) in [6.45, 7) is 1.96. The molecule has 0 radical (unpaired) electrons. The molecule has 0 bridgehead atoms. The number of halogens is 1. The van der Waals surface area contributed by atoms with Gasteiger partial charge in [0.2, 0.25) is 5.91 Å². The van der Waals surface area contributed by atoms with E-state index >= 15 is 0 Å². The van der Waals surface area contributed by atoms with Gasteiger partial charge in [0, 0.05) is 7.05 Å². The number of hydrogen-bond acceptors (Lipinski definition) is 3. The molecule has 0 aliphatic heterocycles. The Kier molecular flexibility index (Phi) is 6.06. The van der Waals surface area contributed by atoms with Crippen LogP contribution in [0.5, 0.6) is 0 Å². The molecular weight excluding hydrogens is 180 g/mol. The summed E-state index contributed by atoms with van der Waals surface area (Å²) in [6, 6.07) is -0.378. The van der Waals surface area contributed by atoms with Gasteiger partial charge in [-0.2, -0.15) is 0 Å². The van der Waals surface area contributed by atoms with Crippen molar-refractivity contribution in [2.75, 3.05) is 7.05 Å². The Morgan fingerprint density at radius 1 is 1.67 bits per heavy atom. The van der Waals surface area contributed by atoms with Crippen molar-refractivity contribution in [2.24, 2.45) is 0 Å². The number of aliphatic hydroxyl groups excluding tert-OH is 1. The fourth-order valence-electron chi connectivity index (χ4n) is 0.914. The van der Waals surface area contributed by atoms with E-state index in [0.29, 0.717) is 6.42 Å². The van der Waals surface area contributed by atoms with Gasteiger partial charge in [0.1, 0.15) is 6.10 Å². The predicted molar refractivity (Wildman–Crippen MR) is 47.8 cm³/mol. The zero-order valence-corrected chi connectivity index (χ0v) is 8.06. The number of hydrogen-bond donors (Lipinski definition) is 3. The SMILES string of the molecule is CCC[C@H](NCl)[C@H](O)C(=O)NC. The fourth-order valence-corrected chi connectivity index (χ4v) is 1.14. The second-order valence-electron chi connectivity index (χ2n) is 2.56. The first-order valence-corrected chi connectivity index (χ1v) is 4.31. The van der Waals surface area contributed by atoms with E-state index in [2.05, 4.69) is 10.2 Å². The Hall–Kier alpha value is -0.320. The summed E-state index contributed by atoms with van der Waals surface area (Å²) in [7, 11) is 1.47. The lowest BCUT2D eigenvalue weighted by molar-refractivity contribution is -0.130. The van der Waals surface area contributed by atoms with Crippen molar-refractivity contribution in [1.82, 2.24) is 10.2 Å². The zero-order valence-electron chi connectivity index (χ0n) is 7.30. The molecule has 0 spiro atoms. The molecule has 72 valence electrons. The molecule has 5 heteroatoms. The second-order valence-corrected chi connectivity index (χ2v) is 2.78. The van der Waals surface area contributed by atoms with E-state index < -0.39 is 12.0 Å². The Bertz CT molecular complexity index is 143. The van der Waals surface area contributed by atoms with E-state index in [4.69, 9.17) is 11.8 Å². The van der Waals surface area contributed by atoms with E-state index in [1.165, 1.54) is 7.05 Å². The van der Waals surface area contributed by atoms with Crippen LogP contribution in [0.3, 0.4) is 0 Å². The van der Waals surface area contributed by atoms with Gasteiger partial charge >= 0.3 is 0 Å². The molecule has 0 aromatic heterocycles. The lowest BCUT2D eigenvalue weighted by Gasteiger charge is -2.18. The number of rotatable bonds is 5. The molecule has 0 saturated heterocycles. The molecule has 2 atom stereocenters. The molecule has 0 aromatic carbocycles. The van der Waals surface area contributed by atoms with Gasteiger partial charge in [0.25, 0.3) is 0 Å². The highest BCUT2D eigenvalue weighted by Gasteiger charge is 2.23. The van der Waals surface area contributed by atoms with E-state index in [9.17, 15) is 9.90 Å². The number of nitrogens with one attached hydrogen (secondary N) is 2. The van der Waals surface area contributed by atoms with Crippen LogP contribution in [-0.2, 0) is 4.79 Å². The Labute approximate surface area is 77.4 Å². The normalized spacial score (nSPS) is 15.3. The smallest absolute Gasteiger partial charge is 0.250 e. The summed E-state index contributed by atoms with van der Waals surface area (Å²) in [5, 5.41) is 11.7. The highest BCUT2D eigenvalue weighted by Crippen LogP contribution is 2.03. The Morgan fingerprint density at radius 2 is 2.25 bits per heavy atom. The maximum absolute atomic E-state index is 10.9. The van der Waals surface area contributed by atoms with Gasteiger partial charge in [0.15, 0.2) is 0 Å². The molecule has 3 N–H and O–H groups in total. The molecule has 4 nitrogen and oxygen atoms in total. The zero-order chi connectivity index (χ0) is 9.56. The number of amides is 1. The molecule has 0 aromatic rings. The van der Waals surface area contributed by atoms with Crippen LogP contribution in [0.1, 0.15) is 19.8 Å². The van der Waals surface area contributed by atoms with Crippen LogP contribution in [0, 0.1) is 0 Å². The molecule has 0 saturated carbocycles. The molecule has 0 heterocycles. The first-order chi connectivity index (χ1) is 5.67. The molecule has 0 aliphatic rings. The van der Waals surface area contributed by atoms with Gasteiger partial charge in [0.05, 0.1) is 6.04 Å². The van der Waals surface area contributed by atoms with Gasteiger partial charge in [-0.15, -0.1) is 0 Å². The Balaban J connectivity index is 4.00. The van der Waals surface area contributed by atoms with Crippen molar-refractivity contribution in [3.63, 3.8) is 0 Å². The third-order valence-corrected chi connectivity index (χ3v) is 1.92. The van der Waals surface area contributed by atoms with Crippen molar-refractivity contribution in [1.29, 1.82) is 0 Å². The minimum absolute atomic E-state index is 0.378. The van der Waals surface area contributed by atoms with E-state index in [-0.39, 0.29) is 6.04 Å². The summed E-state index contributed by atoms with van der Waals surface area (Å²) in [5.41, 5.74) is 0. The highest BCUT2D eigenvalue weighted by atomic mass is 35.5. The summed E-state index contributed by atoms with van der Waals surface area (Å²) >= 11 is 5.35. The molecule has 1 amide bonds. The van der Waals surface area contributed by atoms with Gasteiger partial charge < -0.3 is 10.4 Å². The quantitative estimate of drug-likeness (QED) is 0.541. The number of carbonyl (C=O) groups excluding carboxylic acids is 1. The summed E-state index contributed by atoms with van der Waals surface area (Å²) in [5.74, 6) is -0.415. The second kappa shape index (κ2) is 6.22. The standard InChI is InChI=1S/C7H15ClN2O2/c1-3-4-5(10-8)6(11)7(12)9-2/h5-6,10-11H,3-4H2,1-2H3,(H,9,12)/t5-,6-/m0/s1.